The van der Waals surface area contributed by atoms with Crippen LogP contribution in [0.1, 0.15) is 44.1 Å². The number of hydrogen-bond acceptors (Lipinski definition) is 1. The highest BCUT2D eigenvalue weighted by Crippen LogP contribution is 2.27. The zero-order chi connectivity index (χ0) is 13.0. The van der Waals surface area contributed by atoms with Crippen LogP contribution in [0.2, 0.25) is 5.02 Å². The summed E-state index contributed by atoms with van der Waals surface area (Å²) in [5, 5.41) is 0.195. The third-order valence-corrected chi connectivity index (χ3v) is 4.28. The number of nitrogens with two attached hydrogens (primary N) is 1. The summed E-state index contributed by atoms with van der Waals surface area (Å²) in [4.78, 5) is 0. The fraction of sp³-hybridized carbons (Fsp3) is 0.600. The molecular weight excluding hydrogens is 249 g/mol. The average Bonchev–Trinajstić information content (AvgIpc) is 2.63. The molecule has 0 aliphatic heterocycles. The van der Waals surface area contributed by atoms with Gasteiger partial charge in [0.1, 0.15) is 5.82 Å². The maximum Gasteiger partial charge on any atom is 0.145 e. The molecule has 18 heavy (non-hydrogen) atoms. The first-order valence-corrected chi connectivity index (χ1v) is 7.24. The van der Waals surface area contributed by atoms with Gasteiger partial charge in [0.2, 0.25) is 0 Å². The van der Waals surface area contributed by atoms with Crippen LogP contribution in [0.4, 0.5) is 4.39 Å². The van der Waals surface area contributed by atoms with Gasteiger partial charge in [-0.05, 0) is 36.8 Å². The van der Waals surface area contributed by atoms with E-state index in [4.69, 9.17) is 17.3 Å². The highest BCUT2D eigenvalue weighted by atomic mass is 35.5. The Balaban J connectivity index is 2.01. The van der Waals surface area contributed by atoms with Crippen molar-refractivity contribution in [1.29, 1.82) is 0 Å². The SMILES string of the molecule is NC(Cc1cccc(Cl)c1F)C1CCCCCC1. The summed E-state index contributed by atoms with van der Waals surface area (Å²) < 4.78 is 13.8. The lowest BCUT2D eigenvalue weighted by Gasteiger charge is -2.22. The number of benzene rings is 1. The highest BCUT2D eigenvalue weighted by molar-refractivity contribution is 6.30. The van der Waals surface area contributed by atoms with E-state index in [2.05, 4.69) is 0 Å². The van der Waals surface area contributed by atoms with E-state index in [-0.39, 0.29) is 16.9 Å². The fourth-order valence-corrected chi connectivity index (χ4v) is 3.06. The summed E-state index contributed by atoms with van der Waals surface area (Å²) in [6.07, 6.45) is 8.11. The molecule has 1 aliphatic carbocycles. The van der Waals surface area contributed by atoms with Gasteiger partial charge in [-0.1, -0.05) is 49.4 Å². The summed E-state index contributed by atoms with van der Waals surface area (Å²) in [6, 6.07) is 5.21. The predicted molar refractivity (Wildman–Crippen MR) is 74.3 cm³/mol. The van der Waals surface area contributed by atoms with Gasteiger partial charge in [-0.2, -0.15) is 0 Å². The molecule has 100 valence electrons. The molecule has 1 fully saturated rings. The monoisotopic (exact) mass is 269 g/mol. The smallest absolute Gasteiger partial charge is 0.145 e. The Morgan fingerprint density at radius 1 is 1.22 bits per heavy atom. The predicted octanol–water partition coefficient (Wildman–Crippen LogP) is 4.32. The molecule has 0 heterocycles. The van der Waals surface area contributed by atoms with Crippen LogP contribution in [0, 0.1) is 11.7 Å². The van der Waals surface area contributed by atoms with Crippen molar-refractivity contribution < 1.29 is 4.39 Å². The minimum atomic E-state index is -0.303. The van der Waals surface area contributed by atoms with Gasteiger partial charge in [-0.25, -0.2) is 4.39 Å². The summed E-state index contributed by atoms with van der Waals surface area (Å²) in [7, 11) is 0. The van der Waals surface area contributed by atoms with Gasteiger partial charge in [0, 0.05) is 6.04 Å². The molecule has 2 N–H and O–H groups in total. The lowest BCUT2D eigenvalue weighted by atomic mass is 9.88. The maximum atomic E-state index is 13.8. The standard InChI is InChI=1S/C15H21ClFN/c16-13-9-5-8-12(15(13)17)10-14(18)11-6-3-1-2-4-7-11/h5,8-9,11,14H,1-4,6-7,10,18H2. The van der Waals surface area contributed by atoms with Gasteiger partial charge in [0.25, 0.3) is 0 Å². The maximum absolute atomic E-state index is 13.8. The molecule has 0 radical (unpaired) electrons. The first-order chi connectivity index (χ1) is 8.68. The fourth-order valence-electron chi connectivity index (χ4n) is 2.87. The van der Waals surface area contributed by atoms with Crippen molar-refractivity contribution in [2.24, 2.45) is 11.7 Å². The third-order valence-electron chi connectivity index (χ3n) is 3.99. The summed E-state index contributed by atoms with van der Waals surface area (Å²) in [5.41, 5.74) is 6.91. The van der Waals surface area contributed by atoms with E-state index in [0.29, 0.717) is 17.9 Å². The van der Waals surface area contributed by atoms with Crippen LogP contribution >= 0.6 is 11.6 Å². The topological polar surface area (TPSA) is 26.0 Å². The Morgan fingerprint density at radius 3 is 2.56 bits per heavy atom. The molecule has 1 aromatic carbocycles. The van der Waals surface area contributed by atoms with Crippen molar-refractivity contribution in [3.63, 3.8) is 0 Å². The molecule has 0 bridgehead atoms. The van der Waals surface area contributed by atoms with E-state index < -0.39 is 0 Å². The van der Waals surface area contributed by atoms with Gasteiger partial charge in [0.05, 0.1) is 5.02 Å². The first-order valence-electron chi connectivity index (χ1n) is 6.87. The second kappa shape index (κ2) is 6.53. The van der Waals surface area contributed by atoms with E-state index in [1.165, 1.54) is 38.5 Å². The zero-order valence-electron chi connectivity index (χ0n) is 10.7. The molecule has 1 aromatic rings. The van der Waals surface area contributed by atoms with Crippen LogP contribution in [0.25, 0.3) is 0 Å². The van der Waals surface area contributed by atoms with E-state index in [1.807, 2.05) is 0 Å². The van der Waals surface area contributed by atoms with Crippen molar-refractivity contribution in [2.45, 2.75) is 51.0 Å². The van der Waals surface area contributed by atoms with Crippen molar-refractivity contribution in [3.05, 3.63) is 34.6 Å². The molecule has 0 amide bonds. The summed E-state index contributed by atoms with van der Waals surface area (Å²) in [6.45, 7) is 0. The molecule has 0 saturated heterocycles. The quantitative estimate of drug-likeness (QED) is 0.813. The molecular formula is C15H21ClFN. The second-order valence-electron chi connectivity index (χ2n) is 5.33. The molecule has 1 aliphatic rings. The number of hydrogen-bond donors (Lipinski definition) is 1. The van der Waals surface area contributed by atoms with Gasteiger partial charge >= 0.3 is 0 Å². The Bertz CT molecular complexity index is 386. The van der Waals surface area contributed by atoms with E-state index in [1.54, 1.807) is 18.2 Å². The van der Waals surface area contributed by atoms with E-state index in [0.717, 1.165) is 0 Å². The Kier molecular flexibility index (Phi) is 5.02. The van der Waals surface area contributed by atoms with Gasteiger partial charge in [-0.3, -0.25) is 0 Å². The minimum absolute atomic E-state index is 0.0519. The molecule has 3 heteroatoms. The third kappa shape index (κ3) is 3.46. The Labute approximate surface area is 114 Å². The molecule has 2 rings (SSSR count). The van der Waals surface area contributed by atoms with Crippen LogP contribution in [0.3, 0.4) is 0 Å². The first kappa shape index (κ1) is 13.8. The van der Waals surface area contributed by atoms with Crippen molar-refractivity contribution in [1.82, 2.24) is 0 Å². The lowest BCUT2D eigenvalue weighted by molar-refractivity contribution is 0.369. The van der Waals surface area contributed by atoms with Crippen LogP contribution < -0.4 is 5.73 Å². The van der Waals surface area contributed by atoms with Crippen LogP contribution in [-0.2, 0) is 6.42 Å². The van der Waals surface area contributed by atoms with E-state index in [9.17, 15) is 4.39 Å². The molecule has 1 nitrogen and oxygen atoms in total. The Morgan fingerprint density at radius 2 is 1.89 bits per heavy atom. The highest BCUT2D eigenvalue weighted by Gasteiger charge is 2.21. The van der Waals surface area contributed by atoms with E-state index >= 15 is 0 Å². The van der Waals surface area contributed by atoms with Crippen molar-refractivity contribution in [3.8, 4) is 0 Å². The summed E-state index contributed by atoms with van der Waals surface area (Å²) >= 11 is 5.79. The molecule has 1 saturated carbocycles. The minimum Gasteiger partial charge on any atom is -0.327 e. The van der Waals surface area contributed by atoms with Crippen LogP contribution in [0.5, 0.6) is 0 Å². The van der Waals surface area contributed by atoms with Gasteiger partial charge in [-0.15, -0.1) is 0 Å². The number of halogens is 2. The van der Waals surface area contributed by atoms with Gasteiger partial charge < -0.3 is 5.73 Å². The molecule has 0 aromatic heterocycles. The zero-order valence-corrected chi connectivity index (χ0v) is 11.4. The van der Waals surface area contributed by atoms with Crippen LogP contribution in [-0.4, -0.2) is 6.04 Å². The molecule has 0 spiro atoms. The summed E-state index contributed by atoms with van der Waals surface area (Å²) in [5.74, 6) is 0.231. The molecule has 1 atom stereocenters. The molecule has 1 unspecified atom stereocenters. The van der Waals surface area contributed by atoms with Crippen molar-refractivity contribution in [2.75, 3.05) is 0 Å². The van der Waals surface area contributed by atoms with Crippen molar-refractivity contribution >= 4 is 11.6 Å². The van der Waals surface area contributed by atoms with Gasteiger partial charge in [0.15, 0.2) is 0 Å². The normalized spacial score (nSPS) is 19.5. The lowest BCUT2D eigenvalue weighted by Crippen LogP contribution is -2.32. The largest absolute Gasteiger partial charge is 0.327 e. The second-order valence-corrected chi connectivity index (χ2v) is 5.74. The average molecular weight is 270 g/mol. The van der Waals surface area contributed by atoms with Crippen LogP contribution in [0.15, 0.2) is 18.2 Å². The number of rotatable bonds is 3. The Hall–Kier alpha value is -0.600.